The van der Waals surface area contributed by atoms with Gasteiger partial charge in [0.15, 0.2) is 0 Å². The van der Waals surface area contributed by atoms with Gasteiger partial charge in [0.25, 0.3) is 0 Å². The molecule has 5 heteroatoms. The Morgan fingerprint density at radius 3 is 2.82 bits per heavy atom. The number of aliphatic hydroxyl groups is 1. The molecule has 0 unspecified atom stereocenters. The topological polar surface area (TPSA) is 61.8 Å². The molecule has 0 aliphatic heterocycles. The van der Waals surface area contributed by atoms with Crippen molar-refractivity contribution < 1.29 is 14.6 Å². The Bertz CT molecular complexity index is 393. The zero-order valence-corrected chi connectivity index (χ0v) is 10.4. The molecule has 0 heterocycles. The fourth-order valence-corrected chi connectivity index (χ4v) is 1.32. The number of hydrogen-bond acceptors (Lipinski definition) is 3. The highest BCUT2D eigenvalue weighted by Gasteiger charge is 2.09. The zero-order chi connectivity index (χ0) is 12.8. The van der Waals surface area contributed by atoms with Crippen LogP contribution in [0, 0.1) is 6.92 Å². The monoisotopic (exact) mass is 238 g/mol. The van der Waals surface area contributed by atoms with Gasteiger partial charge in [0, 0.05) is 25.3 Å². The fourth-order valence-electron chi connectivity index (χ4n) is 1.32. The zero-order valence-electron chi connectivity index (χ0n) is 10.4. The van der Waals surface area contributed by atoms with E-state index in [0.717, 1.165) is 5.56 Å². The van der Waals surface area contributed by atoms with E-state index >= 15 is 0 Å². The van der Waals surface area contributed by atoms with Crippen molar-refractivity contribution in [2.45, 2.75) is 6.92 Å². The van der Waals surface area contributed by atoms with Gasteiger partial charge in [-0.2, -0.15) is 0 Å². The molecule has 0 spiro atoms. The van der Waals surface area contributed by atoms with E-state index < -0.39 is 0 Å². The number of urea groups is 1. The van der Waals surface area contributed by atoms with Crippen LogP contribution < -0.4 is 10.1 Å². The molecule has 0 fully saturated rings. The first kappa shape index (κ1) is 13.3. The number of carbonyl (C=O) groups excluding carboxylic acids is 1. The number of methoxy groups -OCH3 is 1. The van der Waals surface area contributed by atoms with Gasteiger partial charge in [0.1, 0.15) is 5.75 Å². The second kappa shape index (κ2) is 6.10. The number of nitrogens with zero attached hydrogens (tertiary/aromatic N) is 1. The molecular formula is C12H18N2O3. The lowest BCUT2D eigenvalue weighted by Crippen LogP contribution is -2.33. The van der Waals surface area contributed by atoms with Crippen molar-refractivity contribution in [3.8, 4) is 5.75 Å². The molecule has 0 aromatic heterocycles. The van der Waals surface area contributed by atoms with E-state index in [1.807, 2.05) is 19.1 Å². The molecule has 0 bridgehead atoms. The number of anilines is 1. The van der Waals surface area contributed by atoms with Gasteiger partial charge in [-0.15, -0.1) is 0 Å². The van der Waals surface area contributed by atoms with Gasteiger partial charge in [0.05, 0.1) is 13.7 Å². The molecule has 1 rings (SSSR count). The molecule has 1 aromatic carbocycles. The van der Waals surface area contributed by atoms with E-state index in [-0.39, 0.29) is 12.6 Å². The van der Waals surface area contributed by atoms with E-state index in [1.165, 1.54) is 4.90 Å². The van der Waals surface area contributed by atoms with Crippen LogP contribution in [0.25, 0.3) is 0 Å². The predicted molar refractivity (Wildman–Crippen MR) is 66.5 cm³/mol. The smallest absolute Gasteiger partial charge is 0.321 e. The van der Waals surface area contributed by atoms with E-state index in [2.05, 4.69) is 5.32 Å². The van der Waals surface area contributed by atoms with Crippen LogP contribution in [0.5, 0.6) is 5.75 Å². The highest BCUT2D eigenvalue weighted by Crippen LogP contribution is 2.21. The van der Waals surface area contributed by atoms with Gasteiger partial charge in [0.2, 0.25) is 0 Å². The average Bonchev–Trinajstić information content (AvgIpc) is 2.32. The number of likely N-dealkylation sites (N-methyl/N-ethyl adjacent to an activating group) is 1. The Labute approximate surface area is 101 Å². The molecular weight excluding hydrogens is 220 g/mol. The molecule has 1 aromatic rings. The van der Waals surface area contributed by atoms with Crippen molar-refractivity contribution in [3.63, 3.8) is 0 Å². The third-order valence-corrected chi connectivity index (χ3v) is 2.47. The molecule has 0 saturated heterocycles. The third kappa shape index (κ3) is 3.64. The number of aryl methyl sites for hydroxylation is 1. The van der Waals surface area contributed by atoms with Crippen LogP contribution in [-0.2, 0) is 0 Å². The van der Waals surface area contributed by atoms with Crippen molar-refractivity contribution in [1.29, 1.82) is 0 Å². The Kier molecular flexibility index (Phi) is 4.78. The van der Waals surface area contributed by atoms with Crippen LogP contribution in [0.15, 0.2) is 18.2 Å². The number of nitrogens with one attached hydrogen (secondary N) is 1. The standard InChI is InChI=1S/C12H18N2O3/c1-9-4-5-10(17-3)8-11(9)13-12(16)14(2)6-7-15/h4-5,8,15H,6-7H2,1-3H3,(H,13,16). The predicted octanol–water partition coefficient (Wildman–Crippen LogP) is 1.46. The summed E-state index contributed by atoms with van der Waals surface area (Å²) < 4.78 is 5.09. The fraction of sp³-hybridized carbons (Fsp3) is 0.417. The molecule has 5 nitrogen and oxygen atoms in total. The highest BCUT2D eigenvalue weighted by atomic mass is 16.5. The summed E-state index contributed by atoms with van der Waals surface area (Å²) in [5.41, 5.74) is 1.66. The van der Waals surface area contributed by atoms with Gasteiger partial charge in [-0.3, -0.25) is 0 Å². The van der Waals surface area contributed by atoms with Gasteiger partial charge in [-0.25, -0.2) is 4.79 Å². The lowest BCUT2D eigenvalue weighted by Gasteiger charge is -2.17. The molecule has 2 N–H and O–H groups in total. The number of aliphatic hydroxyl groups excluding tert-OH is 1. The number of amides is 2. The largest absolute Gasteiger partial charge is 0.497 e. The Balaban J connectivity index is 2.76. The number of benzene rings is 1. The quantitative estimate of drug-likeness (QED) is 0.834. The molecule has 2 amide bonds. The van der Waals surface area contributed by atoms with Gasteiger partial charge in [-0.1, -0.05) is 6.07 Å². The summed E-state index contributed by atoms with van der Waals surface area (Å²) >= 11 is 0. The lowest BCUT2D eigenvalue weighted by atomic mass is 10.2. The second-order valence-electron chi connectivity index (χ2n) is 3.76. The summed E-state index contributed by atoms with van der Waals surface area (Å²) in [6.07, 6.45) is 0. The molecule has 94 valence electrons. The SMILES string of the molecule is COc1ccc(C)c(NC(=O)N(C)CCO)c1. The first-order valence-electron chi connectivity index (χ1n) is 5.36. The average molecular weight is 238 g/mol. The van der Waals surface area contributed by atoms with Crippen LogP contribution in [-0.4, -0.2) is 43.3 Å². The maximum absolute atomic E-state index is 11.7. The minimum absolute atomic E-state index is 0.0546. The van der Waals surface area contributed by atoms with Gasteiger partial charge >= 0.3 is 6.03 Å². The molecule has 17 heavy (non-hydrogen) atoms. The van der Waals surface area contributed by atoms with Crippen molar-refractivity contribution in [3.05, 3.63) is 23.8 Å². The normalized spacial score (nSPS) is 9.88. The molecule has 0 aliphatic rings. The summed E-state index contributed by atoms with van der Waals surface area (Å²) in [6.45, 7) is 2.15. The van der Waals surface area contributed by atoms with E-state index in [9.17, 15) is 4.79 Å². The van der Waals surface area contributed by atoms with Gasteiger partial charge < -0.3 is 20.1 Å². The Morgan fingerprint density at radius 1 is 1.53 bits per heavy atom. The summed E-state index contributed by atoms with van der Waals surface area (Å²) in [5, 5.41) is 11.5. The Morgan fingerprint density at radius 2 is 2.24 bits per heavy atom. The van der Waals surface area contributed by atoms with Crippen LogP contribution in [0.2, 0.25) is 0 Å². The third-order valence-electron chi connectivity index (χ3n) is 2.47. The van der Waals surface area contributed by atoms with Crippen LogP contribution in [0.4, 0.5) is 10.5 Å². The molecule has 0 aliphatic carbocycles. The number of ether oxygens (including phenoxy) is 1. The Hall–Kier alpha value is -1.75. The van der Waals surface area contributed by atoms with E-state index in [4.69, 9.17) is 9.84 Å². The van der Waals surface area contributed by atoms with Crippen LogP contribution in [0.1, 0.15) is 5.56 Å². The summed E-state index contributed by atoms with van der Waals surface area (Å²) in [5.74, 6) is 0.690. The summed E-state index contributed by atoms with van der Waals surface area (Å²) in [6, 6.07) is 5.22. The number of carbonyl (C=O) groups is 1. The second-order valence-corrected chi connectivity index (χ2v) is 3.76. The minimum Gasteiger partial charge on any atom is -0.497 e. The van der Waals surface area contributed by atoms with Crippen LogP contribution in [0.3, 0.4) is 0 Å². The van der Waals surface area contributed by atoms with Crippen molar-refractivity contribution in [2.24, 2.45) is 0 Å². The molecule has 0 radical (unpaired) electrons. The van der Waals surface area contributed by atoms with Crippen molar-refractivity contribution in [1.82, 2.24) is 4.90 Å². The minimum atomic E-state index is -0.254. The maximum Gasteiger partial charge on any atom is 0.321 e. The molecule has 0 atom stereocenters. The van der Waals surface area contributed by atoms with Gasteiger partial charge in [-0.05, 0) is 18.6 Å². The summed E-state index contributed by atoms with van der Waals surface area (Å²) in [4.78, 5) is 13.1. The first-order valence-corrected chi connectivity index (χ1v) is 5.36. The number of hydrogen-bond donors (Lipinski definition) is 2. The van der Waals surface area contributed by atoms with Crippen molar-refractivity contribution >= 4 is 11.7 Å². The number of rotatable bonds is 4. The first-order chi connectivity index (χ1) is 8.08. The van der Waals surface area contributed by atoms with Crippen LogP contribution >= 0.6 is 0 Å². The van der Waals surface area contributed by atoms with E-state index in [1.54, 1.807) is 20.2 Å². The lowest BCUT2D eigenvalue weighted by molar-refractivity contribution is 0.202. The van der Waals surface area contributed by atoms with Crippen molar-refractivity contribution in [2.75, 3.05) is 32.6 Å². The summed E-state index contributed by atoms with van der Waals surface area (Å²) in [7, 11) is 3.20. The maximum atomic E-state index is 11.7. The van der Waals surface area contributed by atoms with E-state index in [0.29, 0.717) is 18.0 Å². The highest BCUT2D eigenvalue weighted by molar-refractivity contribution is 5.90. The molecule has 0 saturated carbocycles.